The largest absolute Gasteiger partial charge is 0.231 e. The minimum Gasteiger partial charge on any atom is -0.231 e. The molecule has 1 aliphatic heterocycles. The van der Waals surface area contributed by atoms with Gasteiger partial charge in [-0.3, -0.25) is 0 Å². The number of hydrazone groups is 1. The van der Waals surface area contributed by atoms with Gasteiger partial charge in [0.15, 0.2) is 0 Å². The molecule has 0 N–H and O–H groups in total. The molecule has 0 saturated carbocycles. The molecule has 0 amide bonds. The van der Waals surface area contributed by atoms with Gasteiger partial charge in [0.1, 0.15) is 5.82 Å². The molecular formula is C20H18FN3S. The van der Waals surface area contributed by atoms with Crippen molar-refractivity contribution in [2.45, 2.75) is 26.3 Å². The van der Waals surface area contributed by atoms with Gasteiger partial charge in [0, 0.05) is 17.4 Å². The lowest BCUT2D eigenvalue weighted by molar-refractivity contribution is 0.579. The lowest BCUT2D eigenvalue weighted by atomic mass is 9.98. The Balaban J connectivity index is 1.76. The van der Waals surface area contributed by atoms with Crippen LogP contribution in [-0.4, -0.2) is 10.7 Å². The van der Waals surface area contributed by atoms with Crippen LogP contribution >= 0.6 is 11.3 Å². The molecule has 0 saturated heterocycles. The lowest BCUT2D eigenvalue weighted by Crippen LogP contribution is -2.19. The Bertz CT molecular complexity index is 930. The van der Waals surface area contributed by atoms with Crippen molar-refractivity contribution in [1.29, 1.82) is 0 Å². The van der Waals surface area contributed by atoms with E-state index < -0.39 is 0 Å². The molecule has 0 radical (unpaired) electrons. The molecule has 1 unspecified atom stereocenters. The summed E-state index contributed by atoms with van der Waals surface area (Å²) >= 11 is 1.54. The molecule has 4 rings (SSSR count). The standard InChI is InChI=1S/C20H18FN3S/c1-13-7-9-15(10-8-13)18-11-19(16-5-3-4-6-17(16)21)24(23-18)20-22-14(2)12-25-20/h3-10,12,19H,11H2,1-2H3. The highest BCUT2D eigenvalue weighted by molar-refractivity contribution is 7.13. The number of aromatic nitrogens is 1. The van der Waals surface area contributed by atoms with Gasteiger partial charge >= 0.3 is 0 Å². The topological polar surface area (TPSA) is 28.5 Å². The van der Waals surface area contributed by atoms with E-state index in [9.17, 15) is 4.39 Å². The monoisotopic (exact) mass is 351 g/mol. The number of aryl methyl sites for hydroxylation is 2. The summed E-state index contributed by atoms with van der Waals surface area (Å²) in [5, 5.41) is 9.46. The highest BCUT2D eigenvalue weighted by atomic mass is 32.1. The quantitative estimate of drug-likeness (QED) is 0.644. The molecule has 3 aromatic rings. The minimum atomic E-state index is -0.203. The maximum atomic E-state index is 14.4. The molecule has 126 valence electrons. The van der Waals surface area contributed by atoms with E-state index in [4.69, 9.17) is 5.10 Å². The van der Waals surface area contributed by atoms with Gasteiger partial charge in [0.2, 0.25) is 5.13 Å². The molecule has 3 nitrogen and oxygen atoms in total. The van der Waals surface area contributed by atoms with E-state index in [2.05, 4.69) is 36.2 Å². The second-order valence-electron chi connectivity index (χ2n) is 6.27. The van der Waals surface area contributed by atoms with Crippen LogP contribution in [0.2, 0.25) is 0 Å². The molecule has 0 aliphatic carbocycles. The van der Waals surface area contributed by atoms with Crippen LogP contribution in [0.25, 0.3) is 0 Å². The average Bonchev–Trinajstić information content (AvgIpc) is 3.22. The van der Waals surface area contributed by atoms with Crippen LogP contribution in [0, 0.1) is 19.7 Å². The first-order valence-corrected chi connectivity index (χ1v) is 9.10. The zero-order valence-corrected chi connectivity index (χ0v) is 14.9. The molecule has 0 spiro atoms. The first kappa shape index (κ1) is 16.0. The van der Waals surface area contributed by atoms with Crippen molar-refractivity contribution in [2.24, 2.45) is 5.10 Å². The smallest absolute Gasteiger partial charge is 0.206 e. The van der Waals surface area contributed by atoms with Gasteiger partial charge in [-0.05, 0) is 25.5 Å². The summed E-state index contributed by atoms with van der Waals surface area (Å²) in [4.78, 5) is 4.56. The average molecular weight is 351 g/mol. The first-order valence-electron chi connectivity index (χ1n) is 8.22. The van der Waals surface area contributed by atoms with E-state index >= 15 is 0 Å². The maximum Gasteiger partial charge on any atom is 0.206 e. The Morgan fingerprint density at radius 1 is 1.08 bits per heavy atom. The molecule has 2 heterocycles. The van der Waals surface area contributed by atoms with Gasteiger partial charge in [-0.2, -0.15) is 5.10 Å². The zero-order chi connectivity index (χ0) is 17.4. The predicted octanol–water partition coefficient (Wildman–Crippen LogP) is 5.25. The number of benzene rings is 2. The van der Waals surface area contributed by atoms with E-state index in [1.165, 1.54) is 23.0 Å². The van der Waals surface area contributed by atoms with Gasteiger partial charge in [0.25, 0.3) is 0 Å². The summed E-state index contributed by atoms with van der Waals surface area (Å²) in [6.07, 6.45) is 0.655. The summed E-state index contributed by atoms with van der Waals surface area (Å²) in [5.41, 5.74) is 4.84. The second-order valence-corrected chi connectivity index (χ2v) is 7.11. The third-order valence-electron chi connectivity index (χ3n) is 4.36. The normalized spacial score (nSPS) is 17.0. The van der Waals surface area contributed by atoms with Gasteiger partial charge in [-0.15, -0.1) is 11.3 Å². The molecule has 5 heteroatoms. The SMILES string of the molecule is Cc1ccc(C2=NN(c3nc(C)cs3)C(c3ccccc3F)C2)cc1. The van der Waals surface area contributed by atoms with Crippen LogP contribution in [0.3, 0.4) is 0 Å². The van der Waals surface area contributed by atoms with Crippen LogP contribution in [0.1, 0.15) is 34.8 Å². The lowest BCUT2D eigenvalue weighted by Gasteiger charge is -2.21. The molecule has 1 atom stereocenters. The van der Waals surface area contributed by atoms with Crippen molar-refractivity contribution in [3.05, 3.63) is 82.1 Å². The van der Waals surface area contributed by atoms with Crippen LogP contribution in [0.4, 0.5) is 9.52 Å². The van der Waals surface area contributed by atoms with Crippen molar-refractivity contribution in [1.82, 2.24) is 4.98 Å². The third kappa shape index (κ3) is 3.07. The van der Waals surface area contributed by atoms with Crippen molar-refractivity contribution in [2.75, 3.05) is 5.01 Å². The fourth-order valence-corrected chi connectivity index (χ4v) is 3.84. The van der Waals surface area contributed by atoms with Crippen molar-refractivity contribution >= 4 is 22.2 Å². The number of anilines is 1. The molecule has 0 fully saturated rings. The van der Waals surface area contributed by atoms with Gasteiger partial charge in [-0.1, -0.05) is 48.0 Å². The van der Waals surface area contributed by atoms with E-state index in [0.29, 0.717) is 12.0 Å². The van der Waals surface area contributed by atoms with E-state index in [1.807, 2.05) is 29.4 Å². The molecule has 25 heavy (non-hydrogen) atoms. The van der Waals surface area contributed by atoms with Crippen LogP contribution < -0.4 is 5.01 Å². The number of rotatable bonds is 3. The number of thiazole rings is 1. The van der Waals surface area contributed by atoms with Crippen LogP contribution in [-0.2, 0) is 0 Å². The number of halogens is 1. The fraction of sp³-hybridized carbons (Fsp3) is 0.200. The molecule has 1 aromatic heterocycles. The van der Waals surface area contributed by atoms with Crippen molar-refractivity contribution in [3.8, 4) is 0 Å². The number of hydrogen-bond acceptors (Lipinski definition) is 4. The Morgan fingerprint density at radius 3 is 2.52 bits per heavy atom. The molecule has 1 aliphatic rings. The summed E-state index contributed by atoms with van der Waals surface area (Å²) < 4.78 is 14.4. The van der Waals surface area contributed by atoms with E-state index in [1.54, 1.807) is 6.07 Å². The van der Waals surface area contributed by atoms with Crippen molar-refractivity contribution < 1.29 is 4.39 Å². The molecular weight excluding hydrogens is 333 g/mol. The highest BCUT2D eigenvalue weighted by Gasteiger charge is 2.33. The zero-order valence-electron chi connectivity index (χ0n) is 14.1. The molecule has 0 bridgehead atoms. The Kier molecular flexibility index (Phi) is 4.09. The maximum absolute atomic E-state index is 14.4. The van der Waals surface area contributed by atoms with Crippen molar-refractivity contribution in [3.63, 3.8) is 0 Å². The van der Waals surface area contributed by atoms with Gasteiger partial charge < -0.3 is 0 Å². The summed E-state index contributed by atoms with van der Waals surface area (Å²) in [5.74, 6) is -0.203. The Labute approximate surface area is 150 Å². The summed E-state index contributed by atoms with van der Waals surface area (Å²) in [6, 6.07) is 15.0. The van der Waals surface area contributed by atoms with Gasteiger partial charge in [0.05, 0.1) is 17.4 Å². The van der Waals surface area contributed by atoms with Crippen LogP contribution in [0.5, 0.6) is 0 Å². The van der Waals surface area contributed by atoms with E-state index in [0.717, 1.165) is 22.1 Å². The third-order valence-corrected chi connectivity index (χ3v) is 5.31. The van der Waals surface area contributed by atoms with E-state index in [-0.39, 0.29) is 11.9 Å². The highest BCUT2D eigenvalue weighted by Crippen LogP contribution is 2.38. The summed E-state index contributed by atoms with van der Waals surface area (Å²) in [6.45, 7) is 4.02. The first-order chi connectivity index (χ1) is 12.1. The minimum absolute atomic E-state index is 0.178. The summed E-state index contributed by atoms with van der Waals surface area (Å²) in [7, 11) is 0. The Hall–Kier alpha value is -2.53. The Morgan fingerprint density at radius 2 is 1.84 bits per heavy atom. The number of nitrogens with zero attached hydrogens (tertiary/aromatic N) is 3. The molecule has 2 aromatic carbocycles. The van der Waals surface area contributed by atoms with Crippen LogP contribution in [0.15, 0.2) is 59.0 Å². The number of hydrogen-bond donors (Lipinski definition) is 0. The fourth-order valence-electron chi connectivity index (χ4n) is 3.04. The van der Waals surface area contributed by atoms with Gasteiger partial charge in [-0.25, -0.2) is 14.4 Å². The second kappa shape index (κ2) is 6.41. The predicted molar refractivity (Wildman–Crippen MR) is 101 cm³/mol.